The predicted molar refractivity (Wildman–Crippen MR) is 93.2 cm³/mol. The summed E-state index contributed by atoms with van der Waals surface area (Å²) in [6.45, 7) is 0. The molecule has 0 amide bonds. The first-order valence-corrected chi connectivity index (χ1v) is 10.1. The van der Waals surface area contributed by atoms with Crippen LogP contribution in [0.15, 0.2) is 65.6 Å². The number of hydrogen-bond acceptors (Lipinski definition) is 3. The van der Waals surface area contributed by atoms with E-state index in [1.165, 1.54) is 12.0 Å². The van der Waals surface area contributed by atoms with Gasteiger partial charge in [0.1, 0.15) is 0 Å². The molecule has 0 N–H and O–H groups in total. The Morgan fingerprint density at radius 1 is 0.917 bits per heavy atom. The Labute approximate surface area is 143 Å². The van der Waals surface area contributed by atoms with Crippen molar-refractivity contribution in [2.75, 3.05) is 0 Å². The lowest BCUT2D eigenvalue weighted by molar-refractivity contribution is 0.186. The van der Waals surface area contributed by atoms with E-state index in [2.05, 4.69) is 24.3 Å². The minimum atomic E-state index is -3.68. The van der Waals surface area contributed by atoms with Gasteiger partial charge in [-0.05, 0) is 42.9 Å². The van der Waals surface area contributed by atoms with E-state index in [4.69, 9.17) is 4.18 Å². The van der Waals surface area contributed by atoms with Crippen molar-refractivity contribution in [1.29, 1.82) is 0 Å². The summed E-state index contributed by atoms with van der Waals surface area (Å²) >= 11 is 0. The van der Waals surface area contributed by atoms with Crippen molar-refractivity contribution in [1.82, 2.24) is 0 Å². The van der Waals surface area contributed by atoms with Gasteiger partial charge in [-0.1, -0.05) is 61.4 Å². The van der Waals surface area contributed by atoms with Crippen molar-refractivity contribution in [2.45, 2.75) is 49.0 Å². The summed E-state index contributed by atoms with van der Waals surface area (Å²) in [5, 5.41) is 0. The molecule has 3 atom stereocenters. The highest BCUT2D eigenvalue weighted by Crippen LogP contribution is 2.65. The normalized spacial score (nSPS) is 29.5. The molecule has 0 aromatic heterocycles. The molecule has 4 rings (SSSR count). The van der Waals surface area contributed by atoms with Crippen LogP contribution in [-0.4, -0.2) is 14.5 Å². The first kappa shape index (κ1) is 15.9. The van der Waals surface area contributed by atoms with Gasteiger partial charge in [-0.25, -0.2) is 0 Å². The van der Waals surface area contributed by atoms with Crippen LogP contribution in [-0.2, 0) is 14.3 Å². The monoisotopic (exact) mass is 342 g/mol. The Hall–Kier alpha value is -1.65. The quantitative estimate of drug-likeness (QED) is 0.768. The van der Waals surface area contributed by atoms with Gasteiger partial charge in [-0.15, -0.1) is 0 Å². The van der Waals surface area contributed by atoms with Crippen LogP contribution in [0.4, 0.5) is 0 Å². The van der Waals surface area contributed by atoms with Crippen LogP contribution < -0.4 is 0 Å². The molecule has 4 heteroatoms. The third kappa shape index (κ3) is 2.78. The molecule has 2 saturated carbocycles. The van der Waals surface area contributed by atoms with Crippen LogP contribution in [0, 0.1) is 5.41 Å². The van der Waals surface area contributed by atoms with Gasteiger partial charge in [0.05, 0.1) is 11.0 Å². The van der Waals surface area contributed by atoms with Gasteiger partial charge in [0.25, 0.3) is 10.1 Å². The second-order valence-corrected chi connectivity index (χ2v) is 8.57. The molecule has 126 valence electrons. The van der Waals surface area contributed by atoms with E-state index in [9.17, 15) is 8.42 Å². The van der Waals surface area contributed by atoms with Crippen LogP contribution in [0.5, 0.6) is 0 Å². The molecule has 24 heavy (non-hydrogen) atoms. The first-order chi connectivity index (χ1) is 11.6. The third-order valence-corrected chi connectivity index (χ3v) is 6.94. The van der Waals surface area contributed by atoms with E-state index in [0.29, 0.717) is 5.92 Å². The zero-order valence-electron chi connectivity index (χ0n) is 13.6. The van der Waals surface area contributed by atoms with Gasteiger partial charge >= 0.3 is 0 Å². The second-order valence-electron chi connectivity index (χ2n) is 7.00. The lowest BCUT2D eigenvalue weighted by Crippen LogP contribution is -2.25. The molecule has 2 aliphatic carbocycles. The fraction of sp³-hybridized carbons (Fsp3) is 0.400. The van der Waals surface area contributed by atoms with Crippen molar-refractivity contribution >= 4 is 10.1 Å². The van der Waals surface area contributed by atoms with Crippen LogP contribution in [0.2, 0.25) is 0 Å². The summed E-state index contributed by atoms with van der Waals surface area (Å²) in [6, 6.07) is 19.0. The molecule has 0 aliphatic heterocycles. The van der Waals surface area contributed by atoms with Crippen molar-refractivity contribution in [3.63, 3.8) is 0 Å². The maximum Gasteiger partial charge on any atom is 0.297 e. The van der Waals surface area contributed by atoms with Crippen LogP contribution in [0.25, 0.3) is 0 Å². The van der Waals surface area contributed by atoms with Gasteiger partial charge in [0.15, 0.2) is 0 Å². The van der Waals surface area contributed by atoms with E-state index >= 15 is 0 Å². The molecular weight excluding hydrogens is 320 g/mol. The molecule has 3 nitrogen and oxygen atoms in total. The second kappa shape index (κ2) is 6.01. The average Bonchev–Trinajstić information content (AvgIpc) is 3.28. The summed E-state index contributed by atoms with van der Waals surface area (Å²) in [4.78, 5) is 0.249. The largest absolute Gasteiger partial charge is 0.297 e. The molecule has 2 aliphatic rings. The highest BCUT2D eigenvalue weighted by atomic mass is 32.2. The van der Waals surface area contributed by atoms with Crippen LogP contribution in [0.1, 0.15) is 43.6 Å². The van der Waals surface area contributed by atoms with Gasteiger partial charge in [0, 0.05) is 5.41 Å². The summed E-state index contributed by atoms with van der Waals surface area (Å²) in [6.07, 6.45) is 5.21. The number of hydrogen-bond donors (Lipinski definition) is 0. The first-order valence-electron chi connectivity index (χ1n) is 8.65. The molecule has 2 fully saturated rings. The lowest BCUT2D eigenvalue weighted by Gasteiger charge is -2.33. The van der Waals surface area contributed by atoms with Gasteiger partial charge in [-0.3, -0.25) is 4.18 Å². The minimum Gasteiger partial charge on any atom is -0.262 e. The van der Waals surface area contributed by atoms with E-state index in [0.717, 1.165) is 25.7 Å². The molecule has 1 spiro atoms. The van der Waals surface area contributed by atoms with Crippen LogP contribution >= 0.6 is 0 Å². The Morgan fingerprint density at radius 3 is 2.29 bits per heavy atom. The highest BCUT2D eigenvalue weighted by molar-refractivity contribution is 7.86. The smallest absolute Gasteiger partial charge is 0.262 e. The van der Waals surface area contributed by atoms with E-state index < -0.39 is 10.1 Å². The standard InChI is InChI=1S/C20H22O3S/c21-24(22,17-11-5-2-6-12-17)23-19-15-20(19)14-8-7-13-18(20)16-9-3-1-4-10-16/h1-6,9-12,18-19H,7-8,13-15H2/t18-,19-,20-/m0/s1. The highest BCUT2D eigenvalue weighted by Gasteiger charge is 2.62. The number of rotatable bonds is 4. The summed E-state index contributed by atoms with van der Waals surface area (Å²) in [7, 11) is -3.68. The molecule has 0 radical (unpaired) electrons. The topological polar surface area (TPSA) is 43.4 Å². The fourth-order valence-electron chi connectivity index (χ4n) is 4.29. The van der Waals surface area contributed by atoms with Gasteiger partial charge in [0.2, 0.25) is 0 Å². The zero-order valence-corrected chi connectivity index (χ0v) is 14.4. The fourth-order valence-corrected chi connectivity index (χ4v) is 5.46. The molecule has 0 unspecified atom stereocenters. The minimum absolute atomic E-state index is 0.00144. The SMILES string of the molecule is O=S(=O)(O[C@H]1C[C@]12CCCC[C@H]2c1ccccc1)c1ccccc1. The Kier molecular flexibility index (Phi) is 3.97. The Balaban J connectivity index is 1.57. The summed E-state index contributed by atoms with van der Waals surface area (Å²) < 4.78 is 30.7. The van der Waals surface area contributed by atoms with Crippen molar-refractivity contribution in [3.8, 4) is 0 Å². The average molecular weight is 342 g/mol. The van der Waals surface area contributed by atoms with E-state index in [1.807, 2.05) is 12.1 Å². The van der Waals surface area contributed by atoms with Gasteiger partial charge < -0.3 is 0 Å². The van der Waals surface area contributed by atoms with Gasteiger partial charge in [-0.2, -0.15) is 8.42 Å². The molecular formula is C20H22O3S. The van der Waals surface area contributed by atoms with Crippen molar-refractivity contribution in [3.05, 3.63) is 66.2 Å². The predicted octanol–water partition coefficient (Wildman–Crippen LogP) is 4.51. The maximum atomic E-state index is 12.5. The number of benzene rings is 2. The Morgan fingerprint density at radius 2 is 1.58 bits per heavy atom. The van der Waals surface area contributed by atoms with Crippen LogP contribution in [0.3, 0.4) is 0 Å². The summed E-state index contributed by atoms with van der Waals surface area (Å²) in [5.41, 5.74) is 1.32. The maximum absolute atomic E-state index is 12.5. The summed E-state index contributed by atoms with van der Waals surface area (Å²) in [5.74, 6) is 0.406. The van der Waals surface area contributed by atoms with Crippen molar-refractivity contribution in [2.24, 2.45) is 5.41 Å². The third-order valence-electron chi connectivity index (χ3n) is 5.60. The van der Waals surface area contributed by atoms with E-state index in [1.54, 1.807) is 24.3 Å². The molecule has 2 aromatic rings. The molecule has 0 bridgehead atoms. The molecule has 0 saturated heterocycles. The molecule has 2 aromatic carbocycles. The Bertz CT molecular complexity index is 801. The lowest BCUT2D eigenvalue weighted by atomic mass is 9.72. The van der Waals surface area contributed by atoms with Crippen molar-refractivity contribution < 1.29 is 12.6 Å². The zero-order chi connectivity index (χ0) is 16.6. The van der Waals surface area contributed by atoms with E-state index in [-0.39, 0.29) is 16.4 Å². The molecule has 0 heterocycles.